The minimum atomic E-state index is 0.713. The molecule has 1 saturated carbocycles. The van der Waals surface area contributed by atoms with Crippen molar-refractivity contribution in [3.8, 4) is 0 Å². The first-order valence-corrected chi connectivity index (χ1v) is 8.92. The van der Waals surface area contributed by atoms with Gasteiger partial charge in [-0.3, -0.25) is 4.90 Å². The van der Waals surface area contributed by atoms with Gasteiger partial charge >= 0.3 is 0 Å². The van der Waals surface area contributed by atoms with Gasteiger partial charge in [0.2, 0.25) is 0 Å². The smallest absolute Gasteiger partial charge is 0.0234 e. The molecule has 1 aliphatic carbocycles. The fourth-order valence-corrected chi connectivity index (χ4v) is 3.96. The molecule has 1 N–H and O–H groups in total. The third-order valence-corrected chi connectivity index (χ3v) is 5.08. The van der Waals surface area contributed by atoms with Gasteiger partial charge in [0.1, 0.15) is 0 Å². The predicted octanol–water partition coefficient (Wildman–Crippen LogP) is 3.96. The van der Waals surface area contributed by atoms with E-state index in [0.717, 1.165) is 12.6 Å². The second kappa shape index (κ2) is 7.95. The molecular formula is C19H30N2. The Hall–Kier alpha value is -0.860. The summed E-state index contributed by atoms with van der Waals surface area (Å²) in [5.74, 6) is 0. The van der Waals surface area contributed by atoms with E-state index < -0.39 is 0 Å². The Bertz CT molecular complexity index is 395. The van der Waals surface area contributed by atoms with Gasteiger partial charge in [0, 0.05) is 25.2 Å². The van der Waals surface area contributed by atoms with Gasteiger partial charge in [-0.2, -0.15) is 0 Å². The van der Waals surface area contributed by atoms with Crippen molar-refractivity contribution in [3.63, 3.8) is 0 Å². The highest BCUT2D eigenvalue weighted by molar-refractivity contribution is 5.14. The summed E-state index contributed by atoms with van der Waals surface area (Å²) in [4.78, 5) is 2.63. The van der Waals surface area contributed by atoms with Crippen molar-refractivity contribution in [1.82, 2.24) is 10.2 Å². The number of likely N-dealkylation sites (tertiary alicyclic amines) is 1. The van der Waals surface area contributed by atoms with Gasteiger partial charge in [0.15, 0.2) is 0 Å². The van der Waals surface area contributed by atoms with Crippen LogP contribution in [0.2, 0.25) is 0 Å². The zero-order valence-electron chi connectivity index (χ0n) is 13.3. The van der Waals surface area contributed by atoms with E-state index in [0.29, 0.717) is 6.04 Å². The Morgan fingerprint density at radius 2 is 1.57 bits per heavy atom. The molecule has 1 aromatic carbocycles. The lowest BCUT2D eigenvalue weighted by molar-refractivity contribution is 0.173. The first kappa shape index (κ1) is 15.1. The Labute approximate surface area is 129 Å². The van der Waals surface area contributed by atoms with Gasteiger partial charge < -0.3 is 5.32 Å². The van der Waals surface area contributed by atoms with E-state index >= 15 is 0 Å². The molecule has 1 aromatic rings. The summed E-state index contributed by atoms with van der Waals surface area (Å²) < 4.78 is 0. The van der Waals surface area contributed by atoms with E-state index in [2.05, 4.69) is 40.5 Å². The fourth-order valence-electron chi connectivity index (χ4n) is 3.96. The summed E-state index contributed by atoms with van der Waals surface area (Å²) in [7, 11) is 0. The summed E-state index contributed by atoms with van der Waals surface area (Å²) in [5.41, 5.74) is 1.45. The van der Waals surface area contributed by atoms with Crippen molar-refractivity contribution < 1.29 is 0 Å². The van der Waals surface area contributed by atoms with E-state index in [4.69, 9.17) is 0 Å². The van der Waals surface area contributed by atoms with Gasteiger partial charge in [-0.05, 0) is 37.8 Å². The van der Waals surface area contributed by atoms with Crippen molar-refractivity contribution in [3.05, 3.63) is 35.9 Å². The number of nitrogens with zero attached hydrogens (tertiary/aromatic N) is 1. The van der Waals surface area contributed by atoms with Crippen LogP contribution in [0.3, 0.4) is 0 Å². The molecule has 2 heteroatoms. The number of piperidine rings is 1. The van der Waals surface area contributed by atoms with Crippen LogP contribution in [0.1, 0.15) is 56.9 Å². The van der Waals surface area contributed by atoms with E-state index in [1.54, 1.807) is 0 Å². The van der Waals surface area contributed by atoms with E-state index in [1.165, 1.54) is 70.0 Å². The maximum atomic E-state index is 3.97. The molecule has 0 bridgehead atoms. The summed E-state index contributed by atoms with van der Waals surface area (Å²) in [5, 5.41) is 3.97. The molecule has 2 aliphatic rings. The van der Waals surface area contributed by atoms with Crippen molar-refractivity contribution in [2.24, 2.45) is 0 Å². The van der Waals surface area contributed by atoms with Crippen LogP contribution in [0, 0.1) is 0 Å². The maximum absolute atomic E-state index is 3.97. The Balaban J connectivity index is 1.48. The summed E-state index contributed by atoms with van der Waals surface area (Å²) in [6.45, 7) is 3.60. The fraction of sp³-hybridized carbons (Fsp3) is 0.684. The molecule has 0 radical (unpaired) electrons. The molecule has 1 aliphatic heterocycles. The average Bonchev–Trinajstić information content (AvgIpc) is 2.77. The van der Waals surface area contributed by atoms with Crippen LogP contribution in [0.15, 0.2) is 30.3 Å². The van der Waals surface area contributed by atoms with Crippen LogP contribution in [-0.4, -0.2) is 30.1 Å². The minimum absolute atomic E-state index is 0.713. The highest BCUT2D eigenvalue weighted by atomic mass is 15.2. The summed E-state index contributed by atoms with van der Waals surface area (Å²) in [6, 6.07) is 12.4. The highest BCUT2D eigenvalue weighted by Gasteiger charge is 2.22. The standard InChI is InChI=1S/C19H30N2/c1-2-7-12-18(11-6-1)20-19-13-8-14-21(16-19)15-17-9-4-3-5-10-17/h3-5,9-10,18-20H,1-2,6-8,11-16H2/t19-/m0/s1. The first-order chi connectivity index (χ1) is 10.4. The number of rotatable bonds is 4. The topological polar surface area (TPSA) is 15.3 Å². The zero-order valence-corrected chi connectivity index (χ0v) is 13.3. The SMILES string of the molecule is c1ccc(CN2CCC[C@H](NC3CCCCCC3)C2)cc1. The van der Waals surface area contributed by atoms with Crippen molar-refractivity contribution >= 4 is 0 Å². The van der Waals surface area contributed by atoms with Crippen molar-refractivity contribution in [2.75, 3.05) is 13.1 Å². The predicted molar refractivity (Wildman–Crippen MR) is 89.4 cm³/mol. The normalized spacial score (nSPS) is 25.6. The summed E-state index contributed by atoms with van der Waals surface area (Å²) in [6.07, 6.45) is 11.3. The molecule has 116 valence electrons. The number of hydrogen-bond donors (Lipinski definition) is 1. The molecule has 2 fully saturated rings. The molecule has 1 atom stereocenters. The Morgan fingerprint density at radius 3 is 2.33 bits per heavy atom. The van der Waals surface area contributed by atoms with Crippen LogP contribution in [0.5, 0.6) is 0 Å². The van der Waals surface area contributed by atoms with Crippen LogP contribution >= 0.6 is 0 Å². The molecule has 0 amide bonds. The second-order valence-corrected chi connectivity index (χ2v) is 6.92. The third-order valence-electron chi connectivity index (χ3n) is 5.08. The number of nitrogens with one attached hydrogen (secondary N) is 1. The molecule has 1 heterocycles. The molecule has 3 rings (SSSR count). The van der Waals surface area contributed by atoms with Crippen LogP contribution in [0.4, 0.5) is 0 Å². The third kappa shape index (κ3) is 4.82. The van der Waals surface area contributed by atoms with Crippen LogP contribution in [-0.2, 0) is 6.54 Å². The van der Waals surface area contributed by atoms with Gasteiger partial charge in [-0.1, -0.05) is 56.0 Å². The minimum Gasteiger partial charge on any atom is -0.310 e. The van der Waals surface area contributed by atoms with Crippen molar-refractivity contribution in [2.45, 2.75) is 70.0 Å². The van der Waals surface area contributed by atoms with E-state index in [-0.39, 0.29) is 0 Å². The van der Waals surface area contributed by atoms with E-state index in [9.17, 15) is 0 Å². The van der Waals surface area contributed by atoms with Gasteiger partial charge in [-0.15, -0.1) is 0 Å². The second-order valence-electron chi connectivity index (χ2n) is 6.92. The largest absolute Gasteiger partial charge is 0.310 e. The average molecular weight is 286 g/mol. The van der Waals surface area contributed by atoms with Gasteiger partial charge in [0.05, 0.1) is 0 Å². The molecular weight excluding hydrogens is 256 g/mol. The lowest BCUT2D eigenvalue weighted by Crippen LogP contribution is -2.48. The quantitative estimate of drug-likeness (QED) is 0.843. The van der Waals surface area contributed by atoms with Crippen LogP contribution < -0.4 is 5.32 Å². The molecule has 2 nitrogen and oxygen atoms in total. The van der Waals surface area contributed by atoms with Crippen molar-refractivity contribution in [1.29, 1.82) is 0 Å². The van der Waals surface area contributed by atoms with Gasteiger partial charge in [-0.25, -0.2) is 0 Å². The molecule has 21 heavy (non-hydrogen) atoms. The Morgan fingerprint density at radius 1 is 0.857 bits per heavy atom. The maximum Gasteiger partial charge on any atom is 0.0234 e. The number of benzene rings is 1. The number of hydrogen-bond acceptors (Lipinski definition) is 2. The lowest BCUT2D eigenvalue weighted by Gasteiger charge is -2.35. The van der Waals surface area contributed by atoms with Crippen LogP contribution in [0.25, 0.3) is 0 Å². The lowest BCUT2D eigenvalue weighted by atomic mass is 10.0. The van der Waals surface area contributed by atoms with Gasteiger partial charge in [0.25, 0.3) is 0 Å². The highest BCUT2D eigenvalue weighted by Crippen LogP contribution is 2.20. The molecule has 0 aromatic heterocycles. The molecule has 0 spiro atoms. The molecule has 1 saturated heterocycles. The Kier molecular flexibility index (Phi) is 5.70. The van der Waals surface area contributed by atoms with E-state index in [1.807, 2.05) is 0 Å². The summed E-state index contributed by atoms with van der Waals surface area (Å²) >= 11 is 0. The zero-order chi connectivity index (χ0) is 14.3. The monoisotopic (exact) mass is 286 g/mol. The first-order valence-electron chi connectivity index (χ1n) is 8.92. The molecule has 0 unspecified atom stereocenters.